The number of aliphatic hydroxyl groups is 1. The van der Waals surface area contributed by atoms with E-state index in [-0.39, 0.29) is 0 Å². The third-order valence-electron chi connectivity index (χ3n) is 0.921. The molecular formula is C8H8ClNO3. The Hall–Kier alpha value is -1.55. The first-order chi connectivity index (χ1) is 6.16. The molecule has 70 valence electrons. The van der Waals surface area contributed by atoms with Gasteiger partial charge < -0.3 is 5.11 Å². The normalized spacial score (nSPS) is 9.00. The second-order valence-electron chi connectivity index (χ2n) is 1.88. The monoisotopic (exact) mass is 201 g/mol. The van der Waals surface area contributed by atoms with E-state index in [9.17, 15) is 0 Å². The molecule has 1 aromatic rings. The molecule has 0 radical (unpaired) electrons. The maximum absolute atomic E-state index is 9.16. The number of hydrogen-bond donors (Lipinski definition) is 1. The van der Waals surface area contributed by atoms with Gasteiger partial charge in [-0.2, -0.15) is 0 Å². The van der Waals surface area contributed by atoms with E-state index in [2.05, 4.69) is 0 Å². The van der Waals surface area contributed by atoms with Crippen LogP contribution in [0.1, 0.15) is 0 Å². The van der Waals surface area contributed by atoms with Crippen LogP contribution in [-0.4, -0.2) is 10.0 Å². The van der Waals surface area contributed by atoms with Crippen LogP contribution in [0.5, 0.6) is 0 Å². The molecule has 0 amide bonds. The summed E-state index contributed by atoms with van der Waals surface area (Å²) in [6, 6.07) is 9.44. The van der Waals surface area contributed by atoms with Crippen molar-refractivity contribution in [2.75, 3.05) is 0 Å². The smallest absolute Gasteiger partial charge is 0.268 e. The van der Waals surface area contributed by atoms with Gasteiger partial charge in [0.15, 0.2) is 0 Å². The molecule has 1 aromatic carbocycles. The maximum atomic E-state index is 9.16. The molecule has 0 atom stereocenters. The van der Waals surface area contributed by atoms with Crippen LogP contribution < -0.4 is 0 Å². The van der Waals surface area contributed by atoms with Crippen molar-refractivity contribution < 1.29 is 10.0 Å². The van der Waals surface area contributed by atoms with Gasteiger partial charge in [0, 0.05) is 5.02 Å². The van der Waals surface area contributed by atoms with E-state index in [0.29, 0.717) is 12.5 Å². The largest absolute Gasteiger partial charge is 0.509 e. The molecule has 0 heterocycles. The first-order valence-corrected chi connectivity index (χ1v) is 3.69. The van der Waals surface area contributed by atoms with Crippen LogP contribution in [0.2, 0.25) is 5.02 Å². The minimum atomic E-state index is -0.750. The number of halogens is 1. The summed E-state index contributed by atoms with van der Waals surface area (Å²) in [6.07, 6.45) is 0.819. The first kappa shape index (κ1) is 11.4. The number of nitro groups is 1. The lowest BCUT2D eigenvalue weighted by Crippen LogP contribution is -1.80. The molecule has 0 bridgehead atoms. The standard InChI is InChI=1S/C6H5Cl.C2H3NO3/c7-6-4-2-1-3-5-6;4-2-1-3(5)6/h1-5H;1-2,4H. The quantitative estimate of drug-likeness (QED) is 0.432. The number of rotatable bonds is 1. The van der Waals surface area contributed by atoms with E-state index in [4.69, 9.17) is 26.8 Å². The van der Waals surface area contributed by atoms with Crippen molar-refractivity contribution in [1.29, 1.82) is 0 Å². The minimum Gasteiger partial charge on any atom is -0.509 e. The molecule has 0 unspecified atom stereocenters. The average Bonchev–Trinajstić information content (AvgIpc) is 2.06. The summed E-state index contributed by atoms with van der Waals surface area (Å²) in [5.41, 5.74) is 0. The lowest BCUT2D eigenvalue weighted by Gasteiger charge is -1.80. The fraction of sp³-hybridized carbons (Fsp3) is 0. The highest BCUT2D eigenvalue weighted by molar-refractivity contribution is 6.30. The summed E-state index contributed by atoms with van der Waals surface area (Å²) >= 11 is 5.54. The van der Waals surface area contributed by atoms with Gasteiger partial charge in [-0.3, -0.25) is 10.1 Å². The summed E-state index contributed by atoms with van der Waals surface area (Å²) in [7, 11) is 0. The van der Waals surface area contributed by atoms with Crippen molar-refractivity contribution >= 4 is 11.6 Å². The highest BCUT2D eigenvalue weighted by atomic mass is 35.5. The molecule has 0 aliphatic carbocycles. The highest BCUT2D eigenvalue weighted by Crippen LogP contribution is 2.03. The minimum absolute atomic E-state index is 0.375. The van der Waals surface area contributed by atoms with Crippen LogP contribution in [0.4, 0.5) is 0 Å². The second kappa shape index (κ2) is 7.12. The molecule has 0 aliphatic rings. The Morgan fingerprint density at radius 1 is 1.38 bits per heavy atom. The molecule has 0 aromatic heterocycles. The molecule has 0 saturated carbocycles. The molecule has 4 nitrogen and oxygen atoms in total. The molecule has 5 heteroatoms. The Labute approximate surface area is 80.2 Å². The van der Waals surface area contributed by atoms with Crippen molar-refractivity contribution in [1.82, 2.24) is 0 Å². The summed E-state index contributed by atoms with van der Waals surface area (Å²) in [5, 5.41) is 17.6. The molecular weight excluding hydrogens is 194 g/mol. The van der Waals surface area contributed by atoms with Crippen molar-refractivity contribution in [2.24, 2.45) is 0 Å². The van der Waals surface area contributed by atoms with E-state index in [1.165, 1.54) is 0 Å². The lowest BCUT2D eigenvalue weighted by atomic mass is 10.4. The van der Waals surface area contributed by atoms with Crippen LogP contribution in [0, 0.1) is 10.1 Å². The van der Waals surface area contributed by atoms with Gasteiger partial charge in [0.2, 0.25) is 0 Å². The molecule has 13 heavy (non-hydrogen) atoms. The fourth-order valence-electron chi connectivity index (χ4n) is 0.469. The molecule has 0 spiro atoms. The van der Waals surface area contributed by atoms with Crippen LogP contribution >= 0.6 is 11.6 Å². The van der Waals surface area contributed by atoms with E-state index in [0.717, 1.165) is 5.02 Å². The summed E-state index contributed by atoms with van der Waals surface area (Å²) < 4.78 is 0. The first-order valence-electron chi connectivity index (χ1n) is 3.31. The van der Waals surface area contributed by atoms with Crippen LogP contribution in [0.25, 0.3) is 0 Å². The number of hydrogen-bond acceptors (Lipinski definition) is 3. The van der Waals surface area contributed by atoms with Gasteiger partial charge in [0.1, 0.15) is 6.26 Å². The van der Waals surface area contributed by atoms with Crippen LogP contribution in [0.3, 0.4) is 0 Å². The Morgan fingerprint density at radius 3 is 2.08 bits per heavy atom. The third-order valence-corrected chi connectivity index (χ3v) is 1.17. The fourth-order valence-corrected chi connectivity index (χ4v) is 0.615. The van der Waals surface area contributed by atoms with Crippen molar-refractivity contribution in [3.05, 3.63) is 57.9 Å². The summed E-state index contributed by atoms with van der Waals surface area (Å²) in [4.78, 5) is 8.41. The van der Waals surface area contributed by atoms with Gasteiger partial charge in [0.05, 0.1) is 4.92 Å². The zero-order valence-electron chi connectivity index (χ0n) is 6.63. The van der Waals surface area contributed by atoms with E-state index in [1.54, 1.807) is 0 Å². The second-order valence-corrected chi connectivity index (χ2v) is 2.32. The number of aliphatic hydroxyl groups excluding tert-OH is 1. The van der Waals surface area contributed by atoms with Gasteiger partial charge in [-0.25, -0.2) is 0 Å². The number of benzene rings is 1. The average molecular weight is 202 g/mol. The predicted octanol–water partition coefficient (Wildman–Crippen LogP) is 2.63. The molecule has 1 rings (SSSR count). The Morgan fingerprint density at radius 2 is 1.92 bits per heavy atom. The van der Waals surface area contributed by atoms with Gasteiger partial charge in [-0.05, 0) is 12.1 Å². The lowest BCUT2D eigenvalue weighted by molar-refractivity contribution is -0.403. The third kappa shape index (κ3) is 8.36. The van der Waals surface area contributed by atoms with Crippen LogP contribution in [0.15, 0.2) is 42.8 Å². The Bertz CT molecular complexity index is 274. The Kier molecular flexibility index (Phi) is 6.27. The highest BCUT2D eigenvalue weighted by Gasteiger charge is 1.76. The molecule has 0 aliphatic heterocycles. The van der Waals surface area contributed by atoms with Crippen molar-refractivity contribution in [3.8, 4) is 0 Å². The predicted molar refractivity (Wildman–Crippen MR) is 50.2 cm³/mol. The van der Waals surface area contributed by atoms with Gasteiger partial charge in [0.25, 0.3) is 6.20 Å². The maximum Gasteiger partial charge on any atom is 0.268 e. The Balaban J connectivity index is 0.000000226. The van der Waals surface area contributed by atoms with Gasteiger partial charge >= 0.3 is 0 Å². The topological polar surface area (TPSA) is 63.4 Å². The summed E-state index contributed by atoms with van der Waals surface area (Å²) in [6.45, 7) is 0. The van der Waals surface area contributed by atoms with Crippen molar-refractivity contribution in [3.63, 3.8) is 0 Å². The van der Waals surface area contributed by atoms with Crippen molar-refractivity contribution in [2.45, 2.75) is 0 Å². The van der Waals surface area contributed by atoms with Gasteiger partial charge in [-0.1, -0.05) is 29.8 Å². The van der Waals surface area contributed by atoms with E-state index < -0.39 is 4.92 Å². The van der Waals surface area contributed by atoms with E-state index >= 15 is 0 Å². The zero-order chi connectivity index (χ0) is 10.1. The summed E-state index contributed by atoms with van der Waals surface area (Å²) in [5.74, 6) is 0. The molecule has 0 fully saturated rings. The van der Waals surface area contributed by atoms with Gasteiger partial charge in [-0.15, -0.1) is 0 Å². The number of nitrogens with zero attached hydrogens (tertiary/aromatic N) is 1. The molecule has 0 saturated heterocycles. The molecule has 1 N–H and O–H groups in total. The zero-order valence-corrected chi connectivity index (χ0v) is 7.39. The van der Waals surface area contributed by atoms with E-state index in [1.807, 2.05) is 30.3 Å². The van der Waals surface area contributed by atoms with Crippen LogP contribution in [-0.2, 0) is 0 Å². The SMILES string of the molecule is Clc1ccccc1.O=[N+]([O-])C=CO.